The number of benzene rings is 1. The molecule has 0 bridgehead atoms. The summed E-state index contributed by atoms with van der Waals surface area (Å²) in [7, 11) is 0. The zero-order valence-electron chi connectivity index (χ0n) is 13.6. The van der Waals surface area contributed by atoms with Gasteiger partial charge in [0.1, 0.15) is 16.4 Å². The Kier molecular flexibility index (Phi) is 6.39. The number of hydrogen-bond donors (Lipinski definition) is 1. The van der Waals surface area contributed by atoms with Gasteiger partial charge in [0.2, 0.25) is 0 Å². The van der Waals surface area contributed by atoms with E-state index in [-0.39, 0.29) is 11.9 Å². The summed E-state index contributed by atoms with van der Waals surface area (Å²) >= 11 is -1.41. The van der Waals surface area contributed by atoms with Crippen molar-refractivity contribution >= 4 is 11.4 Å². The number of nitrogens with one attached hydrogen (secondary N) is 1. The molecular weight excluding hydrogens is 324 g/mol. The van der Waals surface area contributed by atoms with Crippen LogP contribution in [0.4, 0.5) is 8.78 Å². The second-order valence-corrected chi connectivity index (χ2v) is 8.46. The van der Waals surface area contributed by atoms with Crippen molar-refractivity contribution in [1.82, 2.24) is 4.72 Å². The van der Waals surface area contributed by atoms with Crippen molar-refractivity contribution in [2.24, 2.45) is 0 Å². The zero-order chi connectivity index (χ0) is 17.0. The van der Waals surface area contributed by atoms with Gasteiger partial charge >= 0.3 is 0 Å². The summed E-state index contributed by atoms with van der Waals surface area (Å²) in [5, 5.41) is 0. The number of ether oxygens (including phenoxy) is 2. The highest BCUT2D eigenvalue weighted by Gasteiger charge is 2.31. The highest BCUT2D eigenvalue weighted by molar-refractivity contribution is 7.90. The lowest BCUT2D eigenvalue weighted by Gasteiger charge is -2.28. The van der Waals surface area contributed by atoms with Crippen LogP contribution in [0, 0.1) is 11.6 Å². The van der Waals surface area contributed by atoms with Crippen LogP contribution >= 0.6 is 0 Å². The molecule has 7 heteroatoms. The van der Waals surface area contributed by atoms with Gasteiger partial charge in [-0.25, -0.2) is 8.78 Å². The molecule has 1 aromatic rings. The Bertz CT molecular complexity index is 519. The van der Waals surface area contributed by atoms with Gasteiger partial charge in [-0.2, -0.15) is 0 Å². The minimum absolute atomic E-state index is 0.167. The molecule has 1 heterocycles. The van der Waals surface area contributed by atoms with E-state index >= 15 is 0 Å². The molecule has 2 atom stereocenters. The Morgan fingerprint density at radius 1 is 1.30 bits per heavy atom. The van der Waals surface area contributed by atoms with Gasteiger partial charge in [-0.1, -0.05) is 0 Å². The second-order valence-electron chi connectivity index (χ2n) is 6.47. The van der Waals surface area contributed by atoms with Crippen LogP contribution in [0.3, 0.4) is 0 Å². The number of rotatable bonds is 6. The normalized spacial score (nSPS) is 19.0. The van der Waals surface area contributed by atoms with E-state index in [0.29, 0.717) is 26.1 Å². The summed E-state index contributed by atoms with van der Waals surface area (Å²) in [6, 6.07) is 2.71. The molecule has 4 nitrogen and oxygen atoms in total. The zero-order valence-corrected chi connectivity index (χ0v) is 14.4. The maximum absolute atomic E-state index is 14.1. The topological polar surface area (TPSA) is 53.5 Å². The molecule has 0 spiro atoms. The minimum Gasteiger partial charge on any atom is -0.598 e. The molecule has 0 aliphatic carbocycles. The first-order valence-electron chi connectivity index (χ1n) is 7.63. The Morgan fingerprint density at radius 3 is 2.57 bits per heavy atom. The SMILES string of the molecule is CC(C)(C)[S+]([O-])N[C@@H](CCC1OCCO1)c1cc(F)ccc1F. The van der Waals surface area contributed by atoms with Crippen LogP contribution < -0.4 is 4.72 Å². The van der Waals surface area contributed by atoms with Crippen molar-refractivity contribution in [3.05, 3.63) is 35.4 Å². The molecule has 1 aliphatic heterocycles. The van der Waals surface area contributed by atoms with Crippen LogP contribution in [-0.2, 0) is 20.8 Å². The van der Waals surface area contributed by atoms with Crippen LogP contribution in [0.25, 0.3) is 0 Å². The van der Waals surface area contributed by atoms with Crippen molar-refractivity contribution in [3.63, 3.8) is 0 Å². The molecule has 1 fully saturated rings. The third kappa shape index (κ3) is 5.39. The van der Waals surface area contributed by atoms with E-state index in [4.69, 9.17) is 9.47 Å². The van der Waals surface area contributed by atoms with Gasteiger partial charge in [-0.15, -0.1) is 4.72 Å². The van der Waals surface area contributed by atoms with Gasteiger partial charge in [0.15, 0.2) is 6.29 Å². The predicted octanol–water partition coefficient (Wildman–Crippen LogP) is 3.21. The van der Waals surface area contributed by atoms with E-state index in [1.807, 2.05) is 20.8 Å². The van der Waals surface area contributed by atoms with Crippen LogP contribution in [0.5, 0.6) is 0 Å². The van der Waals surface area contributed by atoms with Crippen molar-refractivity contribution in [2.75, 3.05) is 13.2 Å². The smallest absolute Gasteiger partial charge is 0.157 e. The molecule has 0 aromatic heterocycles. The molecule has 23 heavy (non-hydrogen) atoms. The Labute approximate surface area is 138 Å². The number of hydrogen-bond acceptors (Lipinski definition) is 4. The summed E-state index contributed by atoms with van der Waals surface area (Å²) in [5.74, 6) is -1.05. The molecule has 1 aromatic carbocycles. The van der Waals surface area contributed by atoms with Gasteiger partial charge in [0, 0.05) is 23.3 Å². The summed E-state index contributed by atoms with van der Waals surface area (Å²) in [5.41, 5.74) is 0.167. The monoisotopic (exact) mass is 347 g/mol. The predicted molar refractivity (Wildman–Crippen MR) is 85.1 cm³/mol. The first kappa shape index (κ1) is 18.6. The fourth-order valence-corrected chi connectivity index (χ4v) is 3.10. The average molecular weight is 347 g/mol. The lowest BCUT2D eigenvalue weighted by molar-refractivity contribution is -0.0489. The molecular formula is C16H23F2NO3S. The maximum Gasteiger partial charge on any atom is 0.157 e. The van der Waals surface area contributed by atoms with E-state index in [0.717, 1.165) is 18.2 Å². The number of halogens is 2. The molecule has 1 aliphatic rings. The van der Waals surface area contributed by atoms with Gasteiger partial charge in [0.25, 0.3) is 0 Å². The second kappa shape index (κ2) is 7.90. The summed E-state index contributed by atoms with van der Waals surface area (Å²) in [4.78, 5) is 0. The van der Waals surface area contributed by atoms with Crippen molar-refractivity contribution < 1.29 is 22.8 Å². The largest absolute Gasteiger partial charge is 0.598 e. The highest BCUT2D eigenvalue weighted by Crippen LogP contribution is 2.27. The first-order valence-corrected chi connectivity index (χ1v) is 8.78. The van der Waals surface area contributed by atoms with E-state index in [9.17, 15) is 13.3 Å². The van der Waals surface area contributed by atoms with Gasteiger partial charge in [0.05, 0.1) is 19.3 Å². The molecule has 0 amide bonds. The van der Waals surface area contributed by atoms with Crippen LogP contribution in [0.2, 0.25) is 0 Å². The van der Waals surface area contributed by atoms with E-state index < -0.39 is 33.8 Å². The third-order valence-electron chi connectivity index (χ3n) is 3.52. The Hall–Kier alpha value is -0.730. The first-order chi connectivity index (χ1) is 10.8. The average Bonchev–Trinajstić information content (AvgIpc) is 2.98. The summed E-state index contributed by atoms with van der Waals surface area (Å²) in [6.07, 6.45) is 0.584. The molecule has 2 rings (SSSR count). The standard InChI is InChI=1S/C16H23F2NO3S/c1-16(2,3)23(20)19-14(6-7-15-21-8-9-22-15)12-10-11(17)4-5-13(12)18/h4-5,10,14-15,19H,6-9H2,1-3H3/t14-,23?/m0/s1. The quantitative estimate of drug-likeness (QED) is 0.803. The lowest BCUT2D eigenvalue weighted by atomic mass is 10.0. The minimum atomic E-state index is -1.41. The van der Waals surface area contributed by atoms with Crippen LogP contribution in [-0.4, -0.2) is 28.8 Å². The molecule has 1 saturated heterocycles. The summed E-state index contributed by atoms with van der Waals surface area (Å²) in [6.45, 7) is 6.52. The van der Waals surface area contributed by atoms with E-state index in [1.165, 1.54) is 0 Å². The van der Waals surface area contributed by atoms with Crippen molar-refractivity contribution in [2.45, 2.75) is 50.7 Å². The Balaban J connectivity index is 2.14. The lowest BCUT2D eigenvalue weighted by Crippen LogP contribution is -2.41. The van der Waals surface area contributed by atoms with Gasteiger partial charge in [-0.3, -0.25) is 0 Å². The van der Waals surface area contributed by atoms with Gasteiger partial charge < -0.3 is 14.0 Å². The highest BCUT2D eigenvalue weighted by atomic mass is 32.2. The van der Waals surface area contributed by atoms with Crippen molar-refractivity contribution in [3.8, 4) is 0 Å². The molecule has 130 valence electrons. The van der Waals surface area contributed by atoms with Gasteiger partial charge in [-0.05, 0) is 45.4 Å². The molecule has 1 unspecified atom stereocenters. The molecule has 0 saturated carbocycles. The van der Waals surface area contributed by atoms with E-state index in [1.54, 1.807) is 0 Å². The van der Waals surface area contributed by atoms with E-state index in [2.05, 4.69) is 4.72 Å². The molecule has 1 N–H and O–H groups in total. The summed E-state index contributed by atoms with van der Waals surface area (Å²) < 4.78 is 53.1. The maximum atomic E-state index is 14.1. The fourth-order valence-electron chi connectivity index (χ4n) is 2.24. The van der Waals surface area contributed by atoms with Crippen molar-refractivity contribution in [1.29, 1.82) is 0 Å². The molecule has 0 radical (unpaired) electrons. The Morgan fingerprint density at radius 2 is 1.96 bits per heavy atom. The third-order valence-corrected chi connectivity index (χ3v) is 5.13. The van der Waals surface area contributed by atoms with Crippen LogP contribution in [0.1, 0.15) is 45.2 Å². The van der Waals surface area contributed by atoms with Crippen LogP contribution in [0.15, 0.2) is 18.2 Å². The fraction of sp³-hybridized carbons (Fsp3) is 0.625.